The highest BCUT2D eigenvalue weighted by atomic mass is 16.5. The molecule has 3 rings (SSSR count). The third-order valence-electron chi connectivity index (χ3n) is 3.80. The number of nitrogens with one attached hydrogen (secondary N) is 2. The molecule has 0 atom stereocenters. The monoisotopic (exact) mass is 338 g/mol. The summed E-state index contributed by atoms with van der Waals surface area (Å²) in [5.41, 5.74) is 1.66. The second-order valence-corrected chi connectivity index (χ2v) is 5.53. The normalized spacial score (nSPS) is 10.5. The Bertz CT molecular complexity index is 867. The van der Waals surface area contributed by atoms with Gasteiger partial charge in [0.1, 0.15) is 17.3 Å². The number of rotatable bonds is 7. The first kappa shape index (κ1) is 16.8. The van der Waals surface area contributed by atoms with Crippen LogP contribution in [0.1, 0.15) is 13.3 Å². The third-order valence-corrected chi connectivity index (χ3v) is 3.80. The van der Waals surface area contributed by atoms with E-state index in [2.05, 4.69) is 27.5 Å². The summed E-state index contributed by atoms with van der Waals surface area (Å²) in [6.07, 6.45) is 1.02. The lowest BCUT2D eigenvalue weighted by Crippen LogP contribution is -2.06. The Morgan fingerprint density at radius 2 is 1.84 bits per heavy atom. The first-order valence-electron chi connectivity index (χ1n) is 8.25. The summed E-state index contributed by atoms with van der Waals surface area (Å²) < 4.78 is 10.7. The molecule has 0 fully saturated rings. The highest BCUT2D eigenvalue weighted by molar-refractivity contribution is 5.90. The molecule has 2 N–H and O–H groups in total. The molecule has 0 saturated carbocycles. The standard InChI is InChI=1S/C19H22N4O2/c1-4-11-20-18-14-7-5-6-8-15(14)21-19(23-18)22-16-10-9-13(24-2)12-17(16)25-3/h5-10,12H,4,11H2,1-3H3,(H2,20,21,22,23). The summed E-state index contributed by atoms with van der Waals surface area (Å²) in [6, 6.07) is 13.5. The Labute approximate surface area is 147 Å². The number of ether oxygens (including phenoxy) is 2. The van der Waals surface area contributed by atoms with Gasteiger partial charge in [0.05, 0.1) is 25.4 Å². The molecule has 0 spiro atoms. The Balaban J connectivity index is 1.98. The lowest BCUT2D eigenvalue weighted by molar-refractivity contribution is 0.395. The number of benzene rings is 2. The van der Waals surface area contributed by atoms with Crippen molar-refractivity contribution in [2.45, 2.75) is 13.3 Å². The molecule has 0 amide bonds. The van der Waals surface area contributed by atoms with Gasteiger partial charge in [0, 0.05) is 18.0 Å². The van der Waals surface area contributed by atoms with Gasteiger partial charge in [0.15, 0.2) is 0 Å². The van der Waals surface area contributed by atoms with Gasteiger partial charge in [-0.25, -0.2) is 4.98 Å². The quantitative estimate of drug-likeness (QED) is 0.672. The minimum Gasteiger partial charge on any atom is -0.497 e. The number of hydrogen-bond donors (Lipinski definition) is 2. The molecule has 0 aliphatic rings. The maximum absolute atomic E-state index is 5.43. The van der Waals surface area contributed by atoms with E-state index < -0.39 is 0 Å². The minimum atomic E-state index is 0.515. The molecule has 6 heteroatoms. The van der Waals surface area contributed by atoms with Crippen molar-refractivity contribution in [3.63, 3.8) is 0 Å². The van der Waals surface area contributed by atoms with E-state index in [1.807, 2.05) is 42.5 Å². The average Bonchev–Trinajstić information content (AvgIpc) is 2.66. The van der Waals surface area contributed by atoms with Gasteiger partial charge < -0.3 is 20.1 Å². The van der Waals surface area contributed by atoms with Gasteiger partial charge in [0.2, 0.25) is 5.95 Å². The molecule has 130 valence electrons. The van der Waals surface area contributed by atoms with Crippen molar-refractivity contribution in [1.82, 2.24) is 9.97 Å². The summed E-state index contributed by atoms with van der Waals surface area (Å²) in [5.74, 6) is 2.73. The van der Waals surface area contributed by atoms with Crippen LogP contribution in [0.15, 0.2) is 42.5 Å². The van der Waals surface area contributed by atoms with Gasteiger partial charge in [-0.3, -0.25) is 0 Å². The molecule has 0 aliphatic carbocycles. The van der Waals surface area contributed by atoms with E-state index in [4.69, 9.17) is 9.47 Å². The van der Waals surface area contributed by atoms with Crippen molar-refractivity contribution in [2.24, 2.45) is 0 Å². The highest BCUT2D eigenvalue weighted by Crippen LogP contribution is 2.31. The van der Waals surface area contributed by atoms with E-state index in [-0.39, 0.29) is 0 Å². The van der Waals surface area contributed by atoms with Crippen LogP contribution in [-0.2, 0) is 0 Å². The van der Waals surface area contributed by atoms with Crippen molar-refractivity contribution in [3.8, 4) is 11.5 Å². The summed E-state index contributed by atoms with van der Waals surface area (Å²) in [6.45, 7) is 2.98. The fourth-order valence-corrected chi connectivity index (χ4v) is 2.53. The van der Waals surface area contributed by atoms with E-state index >= 15 is 0 Å². The van der Waals surface area contributed by atoms with E-state index in [1.165, 1.54) is 0 Å². The van der Waals surface area contributed by atoms with E-state index in [1.54, 1.807) is 14.2 Å². The molecule has 0 bridgehead atoms. The van der Waals surface area contributed by atoms with Crippen LogP contribution in [0.3, 0.4) is 0 Å². The van der Waals surface area contributed by atoms with Crippen LogP contribution in [0.5, 0.6) is 11.5 Å². The molecule has 0 radical (unpaired) electrons. The predicted octanol–water partition coefficient (Wildman–Crippen LogP) is 4.21. The van der Waals surface area contributed by atoms with Gasteiger partial charge in [0.25, 0.3) is 0 Å². The third kappa shape index (κ3) is 3.74. The lowest BCUT2D eigenvalue weighted by Gasteiger charge is -2.14. The smallest absolute Gasteiger partial charge is 0.229 e. The molecule has 2 aromatic carbocycles. The van der Waals surface area contributed by atoms with Crippen LogP contribution in [0, 0.1) is 0 Å². The van der Waals surface area contributed by atoms with Crippen LogP contribution in [0.4, 0.5) is 17.5 Å². The predicted molar refractivity (Wildman–Crippen MR) is 101 cm³/mol. The number of fused-ring (bicyclic) bond motifs is 1. The van der Waals surface area contributed by atoms with E-state index in [9.17, 15) is 0 Å². The van der Waals surface area contributed by atoms with Gasteiger partial charge in [-0.1, -0.05) is 19.1 Å². The summed E-state index contributed by atoms with van der Waals surface area (Å²) >= 11 is 0. The van der Waals surface area contributed by atoms with Crippen molar-refractivity contribution >= 4 is 28.4 Å². The number of methoxy groups -OCH3 is 2. The molecule has 0 saturated heterocycles. The Morgan fingerprint density at radius 3 is 2.60 bits per heavy atom. The zero-order valence-corrected chi connectivity index (χ0v) is 14.7. The van der Waals surface area contributed by atoms with Gasteiger partial charge in [-0.15, -0.1) is 0 Å². The number of anilines is 3. The molecular formula is C19H22N4O2. The van der Waals surface area contributed by atoms with Gasteiger partial charge in [-0.2, -0.15) is 4.98 Å². The number of nitrogens with zero attached hydrogens (tertiary/aromatic N) is 2. The fraction of sp³-hybridized carbons (Fsp3) is 0.263. The van der Waals surface area contributed by atoms with Crippen LogP contribution >= 0.6 is 0 Å². The number of para-hydroxylation sites is 1. The highest BCUT2D eigenvalue weighted by Gasteiger charge is 2.10. The van der Waals surface area contributed by atoms with E-state index in [0.29, 0.717) is 11.7 Å². The van der Waals surface area contributed by atoms with E-state index in [0.717, 1.165) is 41.1 Å². The number of aromatic nitrogens is 2. The Morgan fingerprint density at radius 1 is 1.00 bits per heavy atom. The zero-order valence-electron chi connectivity index (χ0n) is 14.7. The van der Waals surface area contributed by atoms with Crippen molar-refractivity contribution in [1.29, 1.82) is 0 Å². The maximum Gasteiger partial charge on any atom is 0.229 e. The van der Waals surface area contributed by atoms with Gasteiger partial charge >= 0.3 is 0 Å². The summed E-state index contributed by atoms with van der Waals surface area (Å²) in [7, 11) is 3.25. The largest absolute Gasteiger partial charge is 0.497 e. The molecular weight excluding hydrogens is 316 g/mol. The molecule has 0 unspecified atom stereocenters. The molecule has 3 aromatic rings. The fourth-order valence-electron chi connectivity index (χ4n) is 2.53. The SMILES string of the molecule is CCCNc1nc(Nc2ccc(OC)cc2OC)nc2ccccc12. The van der Waals surface area contributed by atoms with Crippen LogP contribution in [0.2, 0.25) is 0 Å². The Kier molecular flexibility index (Phi) is 5.18. The zero-order chi connectivity index (χ0) is 17.6. The maximum atomic E-state index is 5.43. The van der Waals surface area contributed by atoms with Crippen LogP contribution in [-0.4, -0.2) is 30.7 Å². The first-order valence-corrected chi connectivity index (χ1v) is 8.25. The topological polar surface area (TPSA) is 68.3 Å². The summed E-state index contributed by atoms with van der Waals surface area (Å²) in [5, 5.41) is 7.61. The van der Waals surface area contributed by atoms with Crippen molar-refractivity contribution < 1.29 is 9.47 Å². The van der Waals surface area contributed by atoms with Crippen molar-refractivity contribution in [2.75, 3.05) is 31.4 Å². The molecule has 1 aromatic heterocycles. The number of hydrogen-bond acceptors (Lipinski definition) is 6. The second kappa shape index (κ2) is 7.70. The Hall–Kier alpha value is -3.02. The van der Waals surface area contributed by atoms with Crippen LogP contribution < -0.4 is 20.1 Å². The minimum absolute atomic E-state index is 0.515. The second-order valence-electron chi connectivity index (χ2n) is 5.53. The first-order chi connectivity index (χ1) is 12.2. The average molecular weight is 338 g/mol. The summed E-state index contributed by atoms with van der Waals surface area (Å²) in [4.78, 5) is 9.24. The molecule has 25 heavy (non-hydrogen) atoms. The molecule has 6 nitrogen and oxygen atoms in total. The lowest BCUT2D eigenvalue weighted by atomic mass is 10.2. The van der Waals surface area contributed by atoms with Crippen molar-refractivity contribution in [3.05, 3.63) is 42.5 Å². The van der Waals surface area contributed by atoms with Gasteiger partial charge in [-0.05, 0) is 30.7 Å². The molecule has 1 heterocycles. The molecule has 0 aliphatic heterocycles. The van der Waals surface area contributed by atoms with Crippen LogP contribution in [0.25, 0.3) is 10.9 Å².